The topological polar surface area (TPSA) is 45.1 Å². The van der Waals surface area contributed by atoms with Crippen molar-refractivity contribution in [2.75, 3.05) is 11.9 Å². The van der Waals surface area contributed by atoms with Crippen LogP contribution < -0.4 is 5.32 Å². The Hall–Kier alpha value is -0.800. The molecule has 0 saturated heterocycles. The van der Waals surface area contributed by atoms with Crippen molar-refractivity contribution < 1.29 is 5.11 Å². The Morgan fingerprint density at radius 2 is 2.43 bits per heavy atom. The van der Waals surface area contributed by atoms with Gasteiger partial charge in [-0.15, -0.1) is 0 Å². The van der Waals surface area contributed by atoms with Crippen molar-refractivity contribution in [2.45, 2.75) is 18.9 Å². The number of anilines is 1. The summed E-state index contributed by atoms with van der Waals surface area (Å²) in [6.45, 7) is 0.564. The van der Waals surface area contributed by atoms with Gasteiger partial charge in [-0.1, -0.05) is 11.6 Å². The van der Waals surface area contributed by atoms with Gasteiger partial charge in [0, 0.05) is 18.9 Å². The van der Waals surface area contributed by atoms with E-state index >= 15 is 0 Å². The Morgan fingerprint density at radius 1 is 1.64 bits per heavy atom. The Morgan fingerprint density at radius 3 is 3.07 bits per heavy atom. The third-order valence-electron chi connectivity index (χ3n) is 2.44. The third kappa shape index (κ3) is 2.36. The molecular formula is C10H13ClN2O. The van der Waals surface area contributed by atoms with Crippen molar-refractivity contribution in [3.05, 3.63) is 23.5 Å². The van der Waals surface area contributed by atoms with Crippen LogP contribution in [-0.4, -0.2) is 22.7 Å². The standard InChI is InChI=1S/C10H13ClN2O/c11-8-5-12-4-3-9(8)13-6-10(14)7-1-2-7/h3-5,7,10,14H,1-2,6H2,(H,12,13). The maximum Gasteiger partial charge on any atom is 0.0820 e. The molecule has 1 aromatic rings. The van der Waals surface area contributed by atoms with Gasteiger partial charge in [-0.25, -0.2) is 0 Å². The number of rotatable bonds is 4. The van der Waals surface area contributed by atoms with Crippen LogP contribution in [0.5, 0.6) is 0 Å². The van der Waals surface area contributed by atoms with Crippen LogP contribution in [0.25, 0.3) is 0 Å². The first-order valence-corrected chi connectivity index (χ1v) is 5.16. The van der Waals surface area contributed by atoms with Crippen LogP contribution in [0.3, 0.4) is 0 Å². The summed E-state index contributed by atoms with van der Waals surface area (Å²) in [5.74, 6) is 0.489. The predicted molar refractivity (Wildman–Crippen MR) is 56.5 cm³/mol. The van der Waals surface area contributed by atoms with Crippen LogP contribution in [0.4, 0.5) is 5.69 Å². The molecule has 0 aromatic carbocycles. The number of pyridine rings is 1. The Bertz CT molecular complexity index is 315. The number of aliphatic hydroxyl groups is 1. The van der Waals surface area contributed by atoms with Gasteiger partial charge in [0.05, 0.1) is 16.8 Å². The number of nitrogens with zero attached hydrogens (tertiary/aromatic N) is 1. The van der Waals surface area contributed by atoms with Crippen LogP contribution in [0.15, 0.2) is 18.5 Å². The monoisotopic (exact) mass is 212 g/mol. The lowest BCUT2D eigenvalue weighted by Crippen LogP contribution is -2.21. The molecule has 14 heavy (non-hydrogen) atoms. The predicted octanol–water partition coefficient (Wildman–Crippen LogP) is 1.92. The molecular weight excluding hydrogens is 200 g/mol. The fourth-order valence-corrected chi connectivity index (χ4v) is 1.57. The fourth-order valence-electron chi connectivity index (χ4n) is 1.38. The quantitative estimate of drug-likeness (QED) is 0.802. The highest BCUT2D eigenvalue weighted by atomic mass is 35.5. The van der Waals surface area contributed by atoms with Crippen molar-refractivity contribution in [1.82, 2.24) is 4.98 Å². The number of hydrogen-bond donors (Lipinski definition) is 2. The highest BCUT2D eigenvalue weighted by Gasteiger charge is 2.29. The first-order valence-electron chi connectivity index (χ1n) is 4.79. The van der Waals surface area contributed by atoms with Crippen molar-refractivity contribution >= 4 is 17.3 Å². The molecule has 1 heterocycles. The normalized spacial score (nSPS) is 17.9. The molecule has 0 spiro atoms. The molecule has 2 rings (SSSR count). The summed E-state index contributed by atoms with van der Waals surface area (Å²) < 4.78 is 0. The highest BCUT2D eigenvalue weighted by molar-refractivity contribution is 6.33. The maximum atomic E-state index is 9.62. The number of nitrogens with one attached hydrogen (secondary N) is 1. The smallest absolute Gasteiger partial charge is 0.0820 e. The summed E-state index contributed by atoms with van der Waals surface area (Å²) in [4.78, 5) is 3.89. The molecule has 0 amide bonds. The van der Waals surface area contributed by atoms with Crippen LogP contribution >= 0.6 is 11.6 Å². The number of halogens is 1. The number of aliphatic hydroxyl groups excluding tert-OH is 1. The van der Waals surface area contributed by atoms with Crippen molar-refractivity contribution in [3.8, 4) is 0 Å². The van der Waals surface area contributed by atoms with Crippen molar-refractivity contribution in [1.29, 1.82) is 0 Å². The van der Waals surface area contributed by atoms with Crippen LogP contribution in [0.2, 0.25) is 5.02 Å². The molecule has 0 bridgehead atoms. The van der Waals surface area contributed by atoms with E-state index in [0.717, 1.165) is 18.5 Å². The van der Waals surface area contributed by atoms with Gasteiger partial charge in [0.1, 0.15) is 0 Å². The minimum Gasteiger partial charge on any atom is -0.391 e. The second kappa shape index (κ2) is 4.15. The van der Waals surface area contributed by atoms with Gasteiger partial charge in [-0.3, -0.25) is 4.98 Å². The zero-order valence-electron chi connectivity index (χ0n) is 7.78. The first kappa shape index (κ1) is 9.74. The van der Waals surface area contributed by atoms with E-state index in [1.54, 1.807) is 12.4 Å². The van der Waals surface area contributed by atoms with Gasteiger partial charge in [0.2, 0.25) is 0 Å². The maximum absolute atomic E-state index is 9.62. The number of hydrogen-bond acceptors (Lipinski definition) is 3. The van der Waals surface area contributed by atoms with E-state index in [1.165, 1.54) is 0 Å². The molecule has 4 heteroatoms. The molecule has 1 unspecified atom stereocenters. The van der Waals surface area contributed by atoms with Crippen LogP contribution in [0, 0.1) is 5.92 Å². The fraction of sp³-hybridized carbons (Fsp3) is 0.500. The molecule has 1 atom stereocenters. The van der Waals surface area contributed by atoms with E-state index in [2.05, 4.69) is 10.3 Å². The molecule has 1 fully saturated rings. The van der Waals surface area contributed by atoms with Crippen LogP contribution in [0.1, 0.15) is 12.8 Å². The first-order chi connectivity index (χ1) is 6.77. The second-order valence-corrected chi connectivity index (χ2v) is 4.05. The van der Waals surface area contributed by atoms with Crippen LogP contribution in [-0.2, 0) is 0 Å². The molecule has 0 aliphatic heterocycles. The lowest BCUT2D eigenvalue weighted by atomic mass is 10.2. The Kier molecular flexibility index (Phi) is 2.89. The molecule has 3 nitrogen and oxygen atoms in total. The van der Waals surface area contributed by atoms with E-state index < -0.39 is 0 Å². The van der Waals surface area contributed by atoms with Gasteiger partial charge in [-0.05, 0) is 24.8 Å². The Balaban J connectivity index is 1.87. The van der Waals surface area contributed by atoms with Gasteiger partial charge in [0.25, 0.3) is 0 Å². The largest absolute Gasteiger partial charge is 0.391 e. The zero-order chi connectivity index (χ0) is 9.97. The summed E-state index contributed by atoms with van der Waals surface area (Å²) in [5.41, 5.74) is 0.835. The van der Waals surface area contributed by atoms with E-state index in [1.807, 2.05) is 6.07 Å². The van der Waals surface area contributed by atoms with E-state index in [9.17, 15) is 5.11 Å². The molecule has 1 aromatic heterocycles. The average Bonchev–Trinajstić information content (AvgIpc) is 2.99. The summed E-state index contributed by atoms with van der Waals surface area (Å²) >= 11 is 5.90. The summed E-state index contributed by atoms with van der Waals surface area (Å²) in [6.07, 6.45) is 5.31. The summed E-state index contributed by atoms with van der Waals surface area (Å²) in [7, 11) is 0. The molecule has 1 aliphatic rings. The minimum atomic E-state index is -0.251. The minimum absolute atomic E-state index is 0.251. The molecule has 76 valence electrons. The van der Waals surface area contributed by atoms with Crippen molar-refractivity contribution in [2.24, 2.45) is 5.92 Å². The van der Waals surface area contributed by atoms with E-state index in [0.29, 0.717) is 17.5 Å². The van der Waals surface area contributed by atoms with Crippen molar-refractivity contribution in [3.63, 3.8) is 0 Å². The third-order valence-corrected chi connectivity index (χ3v) is 2.74. The second-order valence-electron chi connectivity index (χ2n) is 3.64. The molecule has 2 N–H and O–H groups in total. The lowest BCUT2D eigenvalue weighted by Gasteiger charge is -2.12. The summed E-state index contributed by atoms with van der Waals surface area (Å²) in [5, 5.41) is 13.3. The van der Waals surface area contributed by atoms with E-state index in [4.69, 9.17) is 11.6 Å². The molecule has 0 radical (unpaired) electrons. The molecule has 1 saturated carbocycles. The zero-order valence-corrected chi connectivity index (χ0v) is 8.54. The molecule has 1 aliphatic carbocycles. The lowest BCUT2D eigenvalue weighted by molar-refractivity contribution is 0.164. The van der Waals surface area contributed by atoms with Gasteiger partial charge < -0.3 is 10.4 Å². The SMILES string of the molecule is OC(CNc1ccncc1Cl)C1CC1. The summed E-state index contributed by atoms with van der Waals surface area (Å²) in [6, 6.07) is 1.81. The average molecular weight is 213 g/mol. The Labute approximate surface area is 88.1 Å². The van der Waals surface area contributed by atoms with Gasteiger partial charge in [-0.2, -0.15) is 0 Å². The van der Waals surface area contributed by atoms with E-state index in [-0.39, 0.29) is 6.10 Å². The van der Waals surface area contributed by atoms with Gasteiger partial charge in [0.15, 0.2) is 0 Å². The van der Waals surface area contributed by atoms with Gasteiger partial charge >= 0.3 is 0 Å². The highest BCUT2D eigenvalue weighted by Crippen LogP contribution is 2.32. The number of aromatic nitrogens is 1.